The zero-order valence-electron chi connectivity index (χ0n) is 9.93. The van der Waals surface area contributed by atoms with E-state index >= 15 is 0 Å². The van der Waals surface area contributed by atoms with Gasteiger partial charge in [0.15, 0.2) is 0 Å². The highest BCUT2D eigenvalue weighted by Crippen LogP contribution is 2.33. The van der Waals surface area contributed by atoms with E-state index in [1.807, 2.05) is 6.07 Å². The first kappa shape index (κ1) is 12.3. The van der Waals surface area contributed by atoms with Gasteiger partial charge in [0.1, 0.15) is 11.6 Å². The maximum atomic E-state index is 10.9. The molecule has 1 heterocycles. The fourth-order valence-corrected chi connectivity index (χ4v) is 1.86. The molecule has 0 saturated heterocycles. The second kappa shape index (κ2) is 5.45. The molecule has 2 rings (SSSR count). The topological polar surface area (TPSA) is 91.8 Å². The Balaban J connectivity index is 2.01. The Morgan fingerprint density at radius 1 is 1.61 bits per heavy atom. The SMILES string of the molecule is N#Cc1ccnc(NCCCC2CC2)c1[N+](=O)[O-]. The van der Waals surface area contributed by atoms with E-state index in [4.69, 9.17) is 5.26 Å². The van der Waals surface area contributed by atoms with Gasteiger partial charge in [0.2, 0.25) is 5.82 Å². The first-order chi connectivity index (χ1) is 8.72. The van der Waals surface area contributed by atoms with Gasteiger partial charge in [0, 0.05) is 12.7 Å². The van der Waals surface area contributed by atoms with Gasteiger partial charge in [-0.25, -0.2) is 4.98 Å². The van der Waals surface area contributed by atoms with Crippen LogP contribution >= 0.6 is 0 Å². The second-order valence-electron chi connectivity index (χ2n) is 4.44. The molecule has 0 amide bonds. The Bertz CT molecular complexity index is 491. The van der Waals surface area contributed by atoms with E-state index in [2.05, 4.69) is 10.3 Å². The van der Waals surface area contributed by atoms with E-state index in [0.717, 1.165) is 18.8 Å². The molecule has 0 aliphatic heterocycles. The number of nitrogens with one attached hydrogen (secondary N) is 1. The highest BCUT2D eigenvalue weighted by Gasteiger charge is 2.22. The molecule has 1 aromatic rings. The summed E-state index contributed by atoms with van der Waals surface area (Å²) < 4.78 is 0. The highest BCUT2D eigenvalue weighted by molar-refractivity contribution is 5.63. The van der Waals surface area contributed by atoms with Gasteiger partial charge in [-0.2, -0.15) is 5.26 Å². The predicted molar refractivity (Wildman–Crippen MR) is 66.1 cm³/mol. The molecular weight excluding hydrogens is 232 g/mol. The van der Waals surface area contributed by atoms with Crippen LogP contribution in [-0.2, 0) is 0 Å². The normalized spacial score (nSPS) is 13.9. The van der Waals surface area contributed by atoms with Crippen LogP contribution in [0.25, 0.3) is 0 Å². The molecule has 0 aromatic carbocycles. The molecule has 18 heavy (non-hydrogen) atoms. The zero-order valence-corrected chi connectivity index (χ0v) is 9.93. The summed E-state index contributed by atoms with van der Waals surface area (Å²) in [5.74, 6) is 1.04. The van der Waals surface area contributed by atoms with Crippen molar-refractivity contribution in [2.75, 3.05) is 11.9 Å². The quantitative estimate of drug-likeness (QED) is 0.473. The largest absolute Gasteiger partial charge is 0.364 e. The number of rotatable bonds is 6. The lowest BCUT2D eigenvalue weighted by Crippen LogP contribution is -2.07. The zero-order chi connectivity index (χ0) is 13.0. The minimum absolute atomic E-state index is 0.0414. The standard InChI is InChI=1S/C12H14N4O2/c13-8-10-5-7-15-12(11(10)16(17)18)14-6-1-2-9-3-4-9/h5,7,9H,1-4,6H2,(H,14,15). The number of aromatic nitrogens is 1. The molecule has 0 atom stereocenters. The molecule has 1 aliphatic rings. The molecule has 1 aliphatic carbocycles. The molecule has 0 radical (unpaired) electrons. The van der Waals surface area contributed by atoms with Crippen LogP contribution in [0.3, 0.4) is 0 Å². The molecule has 1 aromatic heterocycles. The average Bonchev–Trinajstić information content (AvgIpc) is 3.18. The second-order valence-corrected chi connectivity index (χ2v) is 4.44. The summed E-state index contributed by atoms with van der Waals surface area (Å²) >= 11 is 0. The third-order valence-electron chi connectivity index (χ3n) is 3.01. The Kier molecular flexibility index (Phi) is 3.72. The molecule has 6 nitrogen and oxygen atoms in total. The molecule has 6 heteroatoms. The molecule has 1 N–H and O–H groups in total. The number of pyridine rings is 1. The van der Waals surface area contributed by atoms with Gasteiger partial charge in [0.25, 0.3) is 0 Å². The molecule has 1 saturated carbocycles. The summed E-state index contributed by atoms with van der Waals surface area (Å²) in [6.07, 6.45) is 6.15. The fourth-order valence-electron chi connectivity index (χ4n) is 1.86. The first-order valence-corrected chi connectivity index (χ1v) is 5.99. The maximum Gasteiger partial charge on any atom is 0.328 e. The number of nitrogens with zero attached hydrogens (tertiary/aromatic N) is 3. The van der Waals surface area contributed by atoms with Crippen LogP contribution in [0.2, 0.25) is 0 Å². The Labute approximate surface area is 105 Å². The molecule has 0 bridgehead atoms. The van der Waals surface area contributed by atoms with Gasteiger partial charge < -0.3 is 5.32 Å². The number of nitriles is 1. The van der Waals surface area contributed by atoms with Gasteiger partial charge in [0.05, 0.1) is 4.92 Å². The lowest BCUT2D eigenvalue weighted by atomic mass is 10.2. The van der Waals surface area contributed by atoms with E-state index in [1.165, 1.54) is 25.1 Å². The minimum Gasteiger partial charge on any atom is -0.364 e. The lowest BCUT2D eigenvalue weighted by Gasteiger charge is -2.06. The van der Waals surface area contributed by atoms with E-state index in [-0.39, 0.29) is 17.1 Å². The van der Waals surface area contributed by atoms with Gasteiger partial charge >= 0.3 is 5.69 Å². The summed E-state index contributed by atoms with van der Waals surface area (Å²) in [7, 11) is 0. The van der Waals surface area contributed by atoms with E-state index in [0.29, 0.717) is 6.54 Å². The van der Waals surface area contributed by atoms with Crippen molar-refractivity contribution in [2.24, 2.45) is 5.92 Å². The highest BCUT2D eigenvalue weighted by atomic mass is 16.6. The Morgan fingerprint density at radius 3 is 3.00 bits per heavy atom. The number of nitro groups is 1. The minimum atomic E-state index is -0.561. The lowest BCUT2D eigenvalue weighted by molar-refractivity contribution is -0.384. The van der Waals surface area contributed by atoms with Gasteiger partial charge in [-0.15, -0.1) is 0 Å². The summed E-state index contributed by atoms with van der Waals surface area (Å²) in [6.45, 7) is 0.652. The van der Waals surface area contributed by atoms with Crippen molar-refractivity contribution < 1.29 is 4.92 Å². The maximum absolute atomic E-state index is 10.9. The Morgan fingerprint density at radius 2 is 2.39 bits per heavy atom. The van der Waals surface area contributed by atoms with Crippen LogP contribution < -0.4 is 5.32 Å². The van der Waals surface area contributed by atoms with Crippen LogP contribution in [0.15, 0.2) is 12.3 Å². The van der Waals surface area contributed by atoms with Gasteiger partial charge in [-0.1, -0.05) is 12.8 Å². The smallest absolute Gasteiger partial charge is 0.328 e. The van der Waals surface area contributed by atoms with Crippen LogP contribution in [0.1, 0.15) is 31.2 Å². The predicted octanol–water partition coefficient (Wildman–Crippen LogP) is 2.46. The molecule has 0 unspecified atom stereocenters. The van der Waals surface area contributed by atoms with Crippen LogP contribution in [0, 0.1) is 27.4 Å². The molecule has 1 fully saturated rings. The van der Waals surface area contributed by atoms with Crippen molar-refractivity contribution in [3.8, 4) is 6.07 Å². The Hall–Kier alpha value is -2.16. The number of hydrogen-bond acceptors (Lipinski definition) is 5. The summed E-state index contributed by atoms with van der Waals surface area (Å²) in [5, 5.41) is 22.7. The fraction of sp³-hybridized carbons (Fsp3) is 0.500. The third kappa shape index (κ3) is 2.94. The molecular formula is C12H14N4O2. The van der Waals surface area contributed by atoms with Crippen molar-refractivity contribution in [2.45, 2.75) is 25.7 Å². The van der Waals surface area contributed by atoms with Crippen molar-refractivity contribution in [1.82, 2.24) is 4.98 Å². The van der Waals surface area contributed by atoms with Crippen molar-refractivity contribution in [3.05, 3.63) is 27.9 Å². The summed E-state index contributed by atoms with van der Waals surface area (Å²) in [4.78, 5) is 14.3. The van der Waals surface area contributed by atoms with Crippen LogP contribution in [-0.4, -0.2) is 16.5 Å². The summed E-state index contributed by atoms with van der Waals surface area (Å²) in [6, 6.07) is 3.17. The van der Waals surface area contributed by atoms with Crippen LogP contribution in [0.4, 0.5) is 11.5 Å². The number of hydrogen-bond donors (Lipinski definition) is 1. The van der Waals surface area contributed by atoms with E-state index in [9.17, 15) is 10.1 Å². The van der Waals surface area contributed by atoms with Crippen molar-refractivity contribution in [3.63, 3.8) is 0 Å². The number of anilines is 1. The first-order valence-electron chi connectivity index (χ1n) is 5.99. The van der Waals surface area contributed by atoms with Gasteiger partial charge in [-0.3, -0.25) is 10.1 Å². The van der Waals surface area contributed by atoms with Crippen molar-refractivity contribution in [1.29, 1.82) is 5.26 Å². The van der Waals surface area contributed by atoms with Gasteiger partial charge in [-0.05, 0) is 24.8 Å². The van der Waals surface area contributed by atoms with E-state index in [1.54, 1.807) is 0 Å². The van der Waals surface area contributed by atoms with Crippen molar-refractivity contribution >= 4 is 11.5 Å². The monoisotopic (exact) mass is 246 g/mol. The third-order valence-corrected chi connectivity index (χ3v) is 3.01. The van der Waals surface area contributed by atoms with Crippen LogP contribution in [0.5, 0.6) is 0 Å². The van der Waals surface area contributed by atoms with E-state index < -0.39 is 4.92 Å². The molecule has 94 valence electrons. The average molecular weight is 246 g/mol. The molecule has 0 spiro atoms. The summed E-state index contributed by atoms with van der Waals surface area (Å²) in [5.41, 5.74) is -0.189.